The zero-order chi connectivity index (χ0) is 23.1. The minimum Gasteiger partial charge on any atom is -0.491 e. The minimum absolute atomic E-state index is 0.0293. The van der Waals surface area contributed by atoms with Gasteiger partial charge in [-0.1, -0.05) is 13.8 Å². The van der Waals surface area contributed by atoms with Gasteiger partial charge in [0.1, 0.15) is 12.4 Å². The van der Waals surface area contributed by atoms with E-state index in [-0.39, 0.29) is 42.4 Å². The van der Waals surface area contributed by atoms with Crippen LogP contribution in [0.25, 0.3) is 0 Å². The molecule has 1 heterocycles. The maximum absolute atomic E-state index is 13.1. The molecule has 2 rings (SSSR count). The number of carbonyl (C=O) groups excluding carboxylic acids is 3. The number of amides is 3. The van der Waals surface area contributed by atoms with Crippen LogP contribution >= 0.6 is 0 Å². The summed E-state index contributed by atoms with van der Waals surface area (Å²) in [5, 5.41) is 2.84. The van der Waals surface area contributed by atoms with Crippen LogP contribution in [0.3, 0.4) is 0 Å². The van der Waals surface area contributed by atoms with Crippen LogP contribution in [0.4, 0.5) is 5.69 Å². The first-order valence-electron chi connectivity index (χ1n) is 10.8. The number of fused-ring (bicyclic) bond motifs is 1. The van der Waals surface area contributed by atoms with Gasteiger partial charge in [0.15, 0.2) is 0 Å². The quantitative estimate of drug-likeness (QED) is 0.789. The summed E-state index contributed by atoms with van der Waals surface area (Å²) in [6.07, 6.45) is 0.939. The van der Waals surface area contributed by atoms with Gasteiger partial charge in [0.2, 0.25) is 11.8 Å². The Hall–Kier alpha value is -2.61. The summed E-state index contributed by atoms with van der Waals surface area (Å²) >= 11 is 0. The van der Waals surface area contributed by atoms with E-state index in [1.165, 1.54) is 0 Å². The third-order valence-electron chi connectivity index (χ3n) is 5.61. The van der Waals surface area contributed by atoms with Crippen molar-refractivity contribution >= 4 is 23.4 Å². The molecule has 0 bridgehead atoms. The lowest BCUT2D eigenvalue weighted by Gasteiger charge is -2.35. The Balaban J connectivity index is 2.41. The lowest BCUT2D eigenvalue weighted by atomic mass is 10.0. The number of rotatable bonds is 4. The summed E-state index contributed by atoms with van der Waals surface area (Å²) in [6.45, 7) is 8.52. The molecule has 0 fully saturated rings. The van der Waals surface area contributed by atoms with Crippen molar-refractivity contribution in [2.45, 2.75) is 52.7 Å². The van der Waals surface area contributed by atoms with Gasteiger partial charge in [0, 0.05) is 58.3 Å². The van der Waals surface area contributed by atoms with E-state index in [0.29, 0.717) is 36.5 Å². The first kappa shape index (κ1) is 24.7. The summed E-state index contributed by atoms with van der Waals surface area (Å²) in [6, 6.07) is 4.84. The Labute approximate surface area is 184 Å². The smallest absolute Gasteiger partial charge is 0.257 e. The van der Waals surface area contributed by atoms with Crippen molar-refractivity contribution in [3.8, 4) is 5.75 Å². The topological polar surface area (TPSA) is 88.2 Å². The molecule has 1 aromatic carbocycles. The molecule has 0 saturated carbocycles. The van der Waals surface area contributed by atoms with Crippen molar-refractivity contribution in [3.63, 3.8) is 0 Å². The SMILES string of the molecule is CCCC(=O)Nc1ccc2c(c1)OC[C@@H](C)N(C(C)=O)C[C@H](C)[C@H](OC)CN(C)C2=O. The van der Waals surface area contributed by atoms with E-state index in [2.05, 4.69) is 5.32 Å². The largest absolute Gasteiger partial charge is 0.491 e. The van der Waals surface area contributed by atoms with Crippen LogP contribution in [0.1, 0.15) is 50.9 Å². The summed E-state index contributed by atoms with van der Waals surface area (Å²) in [7, 11) is 3.34. The van der Waals surface area contributed by atoms with Gasteiger partial charge in [-0.25, -0.2) is 0 Å². The third-order valence-corrected chi connectivity index (χ3v) is 5.61. The first-order chi connectivity index (χ1) is 14.7. The Morgan fingerprint density at radius 2 is 1.97 bits per heavy atom. The molecule has 0 saturated heterocycles. The fourth-order valence-electron chi connectivity index (χ4n) is 3.74. The number of anilines is 1. The van der Waals surface area contributed by atoms with E-state index in [1.807, 2.05) is 20.8 Å². The number of nitrogens with zero attached hydrogens (tertiary/aromatic N) is 2. The molecule has 172 valence electrons. The van der Waals surface area contributed by atoms with Crippen LogP contribution in [-0.4, -0.2) is 73.5 Å². The zero-order valence-electron chi connectivity index (χ0n) is 19.4. The lowest BCUT2D eigenvalue weighted by molar-refractivity contribution is -0.133. The molecule has 8 heteroatoms. The minimum atomic E-state index is -0.223. The van der Waals surface area contributed by atoms with E-state index in [0.717, 1.165) is 6.42 Å². The van der Waals surface area contributed by atoms with Crippen molar-refractivity contribution in [2.24, 2.45) is 5.92 Å². The highest BCUT2D eigenvalue weighted by Crippen LogP contribution is 2.27. The van der Waals surface area contributed by atoms with Gasteiger partial charge in [-0.3, -0.25) is 14.4 Å². The van der Waals surface area contributed by atoms with E-state index >= 15 is 0 Å². The van der Waals surface area contributed by atoms with Gasteiger partial charge < -0.3 is 24.6 Å². The molecule has 31 heavy (non-hydrogen) atoms. The van der Waals surface area contributed by atoms with Gasteiger partial charge in [0.05, 0.1) is 17.7 Å². The molecule has 3 atom stereocenters. The van der Waals surface area contributed by atoms with Crippen LogP contribution < -0.4 is 10.1 Å². The Morgan fingerprint density at radius 1 is 1.26 bits per heavy atom. The number of likely N-dealkylation sites (N-methyl/N-ethyl adjacent to an activating group) is 1. The Morgan fingerprint density at radius 3 is 2.58 bits per heavy atom. The summed E-state index contributed by atoms with van der Waals surface area (Å²) in [5.41, 5.74) is 0.972. The molecule has 3 amide bonds. The van der Waals surface area contributed by atoms with Crippen molar-refractivity contribution in [3.05, 3.63) is 23.8 Å². The molecule has 0 radical (unpaired) electrons. The molecule has 1 aliphatic rings. The van der Waals surface area contributed by atoms with Crippen molar-refractivity contribution in [1.29, 1.82) is 0 Å². The maximum Gasteiger partial charge on any atom is 0.257 e. The summed E-state index contributed by atoms with van der Waals surface area (Å²) < 4.78 is 11.7. The van der Waals surface area contributed by atoms with Crippen molar-refractivity contribution in [1.82, 2.24) is 9.80 Å². The molecule has 1 aromatic rings. The monoisotopic (exact) mass is 433 g/mol. The molecule has 0 aliphatic carbocycles. The summed E-state index contributed by atoms with van der Waals surface area (Å²) in [5.74, 6) is 0.0882. The van der Waals surface area contributed by atoms with Crippen molar-refractivity contribution in [2.75, 3.05) is 39.2 Å². The zero-order valence-corrected chi connectivity index (χ0v) is 19.4. The second-order valence-corrected chi connectivity index (χ2v) is 8.28. The number of nitrogens with one attached hydrogen (secondary N) is 1. The van der Waals surface area contributed by atoms with Gasteiger partial charge in [-0.15, -0.1) is 0 Å². The second kappa shape index (κ2) is 11.1. The van der Waals surface area contributed by atoms with E-state index in [1.54, 1.807) is 49.1 Å². The first-order valence-corrected chi connectivity index (χ1v) is 10.8. The molecule has 8 nitrogen and oxygen atoms in total. The van der Waals surface area contributed by atoms with Gasteiger partial charge in [-0.2, -0.15) is 0 Å². The number of ether oxygens (including phenoxy) is 2. The predicted molar refractivity (Wildman–Crippen MR) is 119 cm³/mol. The molecule has 1 aliphatic heterocycles. The van der Waals surface area contributed by atoms with Crippen LogP contribution in [0.5, 0.6) is 5.75 Å². The van der Waals surface area contributed by atoms with Crippen LogP contribution in [-0.2, 0) is 14.3 Å². The molecule has 1 N–H and O–H groups in total. The predicted octanol–water partition coefficient (Wildman–Crippen LogP) is 2.78. The normalized spacial score (nSPS) is 22.6. The van der Waals surface area contributed by atoms with E-state index in [9.17, 15) is 14.4 Å². The van der Waals surface area contributed by atoms with Gasteiger partial charge >= 0.3 is 0 Å². The lowest BCUT2D eigenvalue weighted by Crippen LogP contribution is -2.48. The average Bonchev–Trinajstić information content (AvgIpc) is 2.72. The number of methoxy groups -OCH3 is 1. The molecular formula is C23H35N3O5. The number of hydrogen-bond donors (Lipinski definition) is 1. The molecule has 0 unspecified atom stereocenters. The van der Waals surface area contributed by atoms with Gasteiger partial charge in [-0.05, 0) is 25.5 Å². The highest BCUT2D eigenvalue weighted by atomic mass is 16.5. The highest BCUT2D eigenvalue weighted by molar-refractivity contribution is 5.98. The molecular weight excluding hydrogens is 398 g/mol. The number of carbonyl (C=O) groups is 3. The van der Waals surface area contributed by atoms with E-state index < -0.39 is 0 Å². The molecule has 0 spiro atoms. The second-order valence-electron chi connectivity index (χ2n) is 8.28. The maximum atomic E-state index is 13.1. The Kier molecular flexibility index (Phi) is 8.86. The summed E-state index contributed by atoms with van der Waals surface area (Å²) in [4.78, 5) is 40.8. The van der Waals surface area contributed by atoms with Crippen molar-refractivity contribution < 1.29 is 23.9 Å². The highest BCUT2D eigenvalue weighted by Gasteiger charge is 2.29. The Bertz CT molecular complexity index is 797. The van der Waals surface area contributed by atoms with Gasteiger partial charge in [0.25, 0.3) is 5.91 Å². The van der Waals surface area contributed by atoms with E-state index in [4.69, 9.17) is 9.47 Å². The average molecular weight is 434 g/mol. The fraction of sp³-hybridized carbons (Fsp3) is 0.609. The fourth-order valence-corrected chi connectivity index (χ4v) is 3.74. The molecule has 0 aromatic heterocycles. The standard InChI is InChI=1S/C23H35N3O5/c1-7-8-22(28)24-18-9-10-19-20(11-18)31-14-16(3)26(17(4)27)12-15(2)21(30-6)13-25(5)23(19)29/h9-11,15-16,21H,7-8,12-14H2,1-6H3,(H,24,28)/t15-,16+,21+/m0/s1. The van der Waals surface area contributed by atoms with Crippen LogP contribution in [0, 0.1) is 5.92 Å². The van der Waals surface area contributed by atoms with Crippen LogP contribution in [0.15, 0.2) is 18.2 Å². The third kappa shape index (κ3) is 6.43. The number of benzene rings is 1. The van der Waals surface area contributed by atoms with Crippen LogP contribution in [0.2, 0.25) is 0 Å². The number of hydrogen-bond acceptors (Lipinski definition) is 5.